The highest BCUT2D eigenvalue weighted by molar-refractivity contribution is 5.88. The number of nitrogens with one attached hydrogen (secondary N) is 1. The molecule has 8 nitrogen and oxygen atoms in total. The number of nitrogens with zero attached hydrogens (tertiary/aromatic N) is 2. The lowest BCUT2D eigenvalue weighted by atomic mass is 10.1. The van der Waals surface area contributed by atoms with E-state index in [1.807, 2.05) is 6.07 Å². The van der Waals surface area contributed by atoms with E-state index in [1.165, 1.54) is 13.2 Å². The standard InChI is InChI=1S/C19H21N3O5/c1-13(18(24)21-10-15-5-2-3-7-20-15)27-19(25)14-9-17(23)22(11-14)12-16-6-4-8-26-16/h2-8,13-14H,9-12H2,1H3,(H,21,24)/t13-,14+/m1/s1. The molecule has 1 aliphatic heterocycles. The number of carbonyl (C=O) groups excluding carboxylic acids is 3. The van der Waals surface area contributed by atoms with Crippen molar-refractivity contribution in [1.82, 2.24) is 15.2 Å². The lowest BCUT2D eigenvalue weighted by Gasteiger charge is -2.17. The molecule has 2 atom stereocenters. The van der Waals surface area contributed by atoms with Crippen LogP contribution in [0.1, 0.15) is 24.8 Å². The molecule has 1 N–H and O–H groups in total. The van der Waals surface area contributed by atoms with Gasteiger partial charge in [0.05, 0.1) is 31.0 Å². The summed E-state index contributed by atoms with van der Waals surface area (Å²) in [6.07, 6.45) is 2.29. The summed E-state index contributed by atoms with van der Waals surface area (Å²) in [4.78, 5) is 42.2. The Hall–Kier alpha value is -3.16. The fourth-order valence-corrected chi connectivity index (χ4v) is 2.82. The van der Waals surface area contributed by atoms with Crippen LogP contribution in [0.15, 0.2) is 47.2 Å². The van der Waals surface area contributed by atoms with Crippen LogP contribution in [0.4, 0.5) is 0 Å². The van der Waals surface area contributed by atoms with Gasteiger partial charge in [0.1, 0.15) is 5.76 Å². The van der Waals surface area contributed by atoms with Crippen LogP contribution in [-0.2, 0) is 32.2 Å². The predicted octanol–water partition coefficient (Wildman–Crippen LogP) is 1.27. The summed E-state index contributed by atoms with van der Waals surface area (Å²) in [5.41, 5.74) is 0.708. The third-order valence-corrected chi connectivity index (χ3v) is 4.31. The van der Waals surface area contributed by atoms with Crippen molar-refractivity contribution in [3.8, 4) is 0 Å². The van der Waals surface area contributed by atoms with Crippen LogP contribution >= 0.6 is 0 Å². The third-order valence-electron chi connectivity index (χ3n) is 4.31. The molecule has 27 heavy (non-hydrogen) atoms. The van der Waals surface area contributed by atoms with Gasteiger partial charge in [-0.2, -0.15) is 0 Å². The van der Waals surface area contributed by atoms with E-state index >= 15 is 0 Å². The molecule has 3 heterocycles. The molecule has 0 unspecified atom stereocenters. The van der Waals surface area contributed by atoms with Gasteiger partial charge < -0.3 is 19.4 Å². The molecule has 2 aromatic heterocycles. The Kier molecular flexibility index (Phi) is 5.85. The zero-order chi connectivity index (χ0) is 19.2. The van der Waals surface area contributed by atoms with E-state index in [4.69, 9.17) is 9.15 Å². The number of esters is 1. The summed E-state index contributed by atoms with van der Waals surface area (Å²) in [7, 11) is 0. The Morgan fingerprint density at radius 2 is 2.22 bits per heavy atom. The van der Waals surface area contributed by atoms with E-state index in [-0.39, 0.29) is 25.4 Å². The van der Waals surface area contributed by atoms with Crippen molar-refractivity contribution in [1.29, 1.82) is 0 Å². The van der Waals surface area contributed by atoms with Gasteiger partial charge in [-0.15, -0.1) is 0 Å². The highest BCUT2D eigenvalue weighted by atomic mass is 16.5. The monoisotopic (exact) mass is 371 g/mol. The van der Waals surface area contributed by atoms with Gasteiger partial charge in [0.25, 0.3) is 5.91 Å². The zero-order valence-corrected chi connectivity index (χ0v) is 15.0. The number of rotatable bonds is 7. The number of ether oxygens (including phenoxy) is 1. The normalized spacial score (nSPS) is 17.6. The second kappa shape index (κ2) is 8.48. The van der Waals surface area contributed by atoms with Gasteiger partial charge in [-0.3, -0.25) is 19.4 Å². The second-order valence-electron chi connectivity index (χ2n) is 6.37. The van der Waals surface area contributed by atoms with Gasteiger partial charge in [0.2, 0.25) is 5.91 Å². The molecule has 0 aromatic carbocycles. The van der Waals surface area contributed by atoms with Crippen molar-refractivity contribution in [3.63, 3.8) is 0 Å². The maximum atomic E-state index is 12.3. The van der Waals surface area contributed by atoms with Gasteiger partial charge in [0.15, 0.2) is 6.10 Å². The summed E-state index contributed by atoms with van der Waals surface area (Å²) >= 11 is 0. The van der Waals surface area contributed by atoms with E-state index in [1.54, 1.807) is 35.4 Å². The van der Waals surface area contributed by atoms with Crippen molar-refractivity contribution < 1.29 is 23.5 Å². The summed E-state index contributed by atoms with van der Waals surface area (Å²) < 4.78 is 10.5. The van der Waals surface area contributed by atoms with Crippen molar-refractivity contribution in [2.24, 2.45) is 5.92 Å². The van der Waals surface area contributed by atoms with E-state index in [2.05, 4.69) is 10.3 Å². The number of pyridine rings is 1. The number of likely N-dealkylation sites (tertiary alicyclic amines) is 1. The van der Waals surface area contributed by atoms with Crippen LogP contribution in [0.5, 0.6) is 0 Å². The molecule has 2 amide bonds. The minimum absolute atomic E-state index is 0.0712. The van der Waals surface area contributed by atoms with Crippen molar-refractivity contribution in [3.05, 3.63) is 54.2 Å². The number of aromatic nitrogens is 1. The molecular weight excluding hydrogens is 350 g/mol. The fourth-order valence-electron chi connectivity index (χ4n) is 2.82. The largest absolute Gasteiger partial charge is 0.467 e. The van der Waals surface area contributed by atoms with Crippen molar-refractivity contribution in [2.75, 3.05) is 6.54 Å². The van der Waals surface area contributed by atoms with Crippen LogP contribution in [-0.4, -0.2) is 40.3 Å². The van der Waals surface area contributed by atoms with Crippen LogP contribution < -0.4 is 5.32 Å². The smallest absolute Gasteiger partial charge is 0.312 e. The van der Waals surface area contributed by atoms with E-state index in [9.17, 15) is 14.4 Å². The molecule has 1 saturated heterocycles. The Labute approximate surface area is 156 Å². The number of carbonyl (C=O) groups is 3. The number of hydrogen-bond donors (Lipinski definition) is 1. The number of furan rings is 1. The molecule has 0 aliphatic carbocycles. The van der Waals surface area contributed by atoms with Crippen molar-refractivity contribution in [2.45, 2.75) is 32.5 Å². The Balaban J connectivity index is 1.46. The Bertz CT molecular complexity index is 791. The van der Waals surface area contributed by atoms with Crippen LogP contribution in [0.2, 0.25) is 0 Å². The van der Waals surface area contributed by atoms with Crippen LogP contribution in [0.3, 0.4) is 0 Å². The summed E-state index contributed by atoms with van der Waals surface area (Å²) in [6, 6.07) is 8.91. The molecule has 3 rings (SSSR count). The summed E-state index contributed by atoms with van der Waals surface area (Å²) in [5, 5.41) is 2.67. The zero-order valence-electron chi connectivity index (χ0n) is 15.0. The van der Waals surface area contributed by atoms with Crippen LogP contribution in [0, 0.1) is 5.92 Å². The van der Waals surface area contributed by atoms with Crippen LogP contribution in [0.25, 0.3) is 0 Å². The molecule has 1 aliphatic rings. The highest BCUT2D eigenvalue weighted by Gasteiger charge is 2.36. The van der Waals surface area contributed by atoms with E-state index < -0.39 is 23.9 Å². The van der Waals surface area contributed by atoms with Gasteiger partial charge in [-0.05, 0) is 31.2 Å². The molecule has 2 aromatic rings. The Morgan fingerprint density at radius 1 is 1.37 bits per heavy atom. The molecule has 1 fully saturated rings. The van der Waals surface area contributed by atoms with Gasteiger partial charge in [0, 0.05) is 19.2 Å². The topological polar surface area (TPSA) is 102 Å². The fraction of sp³-hybridized carbons (Fsp3) is 0.368. The molecule has 142 valence electrons. The quantitative estimate of drug-likeness (QED) is 0.736. The molecule has 0 saturated carbocycles. The maximum Gasteiger partial charge on any atom is 0.312 e. The predicted molar refractivity (Wildman–Crippen MR) is 93.9 cm³/mol. The Morgan fingerprint density at radius 3 is 2.93 bits per heavy atom. The average Bonchev–Trinajstić information content (AvgIpc) is 3.31. The first kappa shape index (κ1) is 18.6. The number of amides is 2. The first-order valence-electron chi connectivity index (χ1n) is 8.71. The lowest BCUT2D eigenvalue weighted by Crippen LogP contribution is -2.37. The molecule has 0 spiro atoms. The minimum atomic E-state index is -0.949. The molecular formula is C19H21N3O5. The molecule has 0 radical (unpaired) electrons. The van der Waals surface area contributed by atoms with Gasteiger partial charge >= 0.3 is 5.97 Å². The summed E-state index contributed by atoms with van der Waals surface area (Å²) in [5.74, 6) is -1.03. The summed E-state index contributed by atoms with van der Waals surface area (Å²) in [6.45, 7) is 2.32. The minimum Gasteiger partial charge on any atom is -0.467 e. The van der Waals surface area contributed by atoms with E-state index in [0.717, 1.165) is 0 Å². The SMILES string of the molecule is C[C@@H](OC(=O)[C@H]1CC(=O)N(Cc2ccco2)C1)C(=O)NCc1ccccn1. The average molecular weight is 371 g/mol. The maximum absolute atomic E-state index is 12.3. The first-order valence-corrected chi connectivity index (χ1v) is 8.71. The molecule has 8 heteroatoms. The molecule has 0 bridgehead atoms. The lowest BCUT2D eigenvalue weighted by molar-refractivity contribution is -0.158. The first-order chi connectivity index (χ1) is 13.0. The second-order valence-corrected chi connectivity index (χ2v) is 6.37. The third kappa shape index (κ3) is 4.93. The highest BCUT2D eigenvalue weighted by Crippen LogP contribution is 2.22. The van der Waals surface area contributed by atoms with Gasteiger partial charge in [-0.1, -0.05) is 6.07 Å². The van der Waals surface area contributed by atoms with Crippen molar-refractivity contribution >= 4 is 17.8 Å². The number of hydrogen-bond acceptors (Lipinski definition) is 6. The van der Waals surface area contributed by atoms with E-state index in [0.29, 0.717) is 18.0 Å². The van der Waals surface area contributed by atoms with Gasteiger partial charge in [-0.25, -0.2) is 0 Å².